The summed E-state index contributed by atoms with van der Waals surface area (Å²) in [5.74, 6) is -0.889. The van der Waals surface area contributed by atoms with E-state index in [9.17, 15) is 9.90 Å². The van der Waals surface area contributed by atoms with E-state index in [1.165, 1.54) is 0 Å². The van der Waals surface area contributed by atoms with Crippen LogP contribution >= 0.6 is 0 Å². The van der Waals surface area contributed by atoms with Crippen LogP contribution in [0.3, 0.4) is 0 Å². The van der Waals surface area contributed by atoms with Crippen molar-refractivity contribution in [3.05, 3.63) is 0 Å². The van der Waals surface area contributed by atoms with Crippen LogP contribution in [0.25, 0.3) is 0 Å². The molecule has 0 aromatic carbocycles. The van der Waals surface area contributed by atoms with E-state index in [0.29, 0.717) is 0 Å². The topological polar surface area (TPSA) is 40.1 Å². The Morgan fingerprint density at radius 3 is 1.40 bits per heavy atom. The van der Waals surface area contributed by atoms with Crippen molar-refractivity contribution in [3.8, 4) is 0 Å². The first-order valence-electron chi connectivity index (χ1n) is 3.67. The molecule has 0 saturated heterocycles. The smallest absolute Gasteiger partial charge is 0.0450 e. The maximum absolute atomic E-state index is 10.5. The van der Waals surface area contributed by atoms with Gasteiger partial charge in [-0.3, -0.25) is 0 Å². The van der Waals surface area contributed by atoms with Gasteiger partial charge in [0.25, 0.3) is 0 Å². The Kier molecular flexibility index (Phi) is 3.40. The molecule has 0 saturated carbocycles. The van der Waals surface area contributed by atoms with Crippen LogP contribution in [0.1, 0.15) is 27.7 Å². The summed E-state index contributed by atoms with van der Waals surface area (Å²) in [5, 5.41) is 10.5. The molecule has 0 fully saturated rings. The number of hydrogen-bond donors (Lipinski definition) is 0. The molecular weight excluding hydrogens is 128 g/mol. The number of rotatable bonds is 3. The molecule has 0 aliphatic carbocycles. The van der Waals surface area contributed by atoms with E-state index in [1.54, 1.807) is 0 Å². The van der Waals surface area contributed by atoms with Gasteiger partial charge in [0.15, 0.2) is 0 Å². The van der Waals surface area contributed by atoms with E-state index in [4.69, 9.17) is 0 Å². The normalized spacial score (nSPS) is 11.5. The second-order valence-corrected chi connectivity index (χ2v) is 3.33. The van der Waals surface area contributed by atoms with E-state index >= 15 is 0 Å². The van der Waals surface area contributed by atoms with E-state index in [0.717, 1.165) is 0 Å². The molecule has 60 valence electrons. The number of carbonyl (C=O) groups excluding carboxylic acids is 1. The molecule has 0 spiro atoms. The lowest BCUT2D eigenvalue weighted by molar-refractivity contribution is -0.314. The van der Waals surface area contributed by atoms with Gasteiger partial charge in [-0.25, -0.2) is 0 Å². The van der Waals surface area contributed by atoms with Crippen LogP contribution < -0.4 is 5.11 Å². The predicted octanol–water partition coefficient (Wildman–Crippen LogP) is 0.664. The molecule has 0 aliphatic rings. The molecule has 10 heavy (non-hydrogen) atoms. The van der Waals surface area contributed by atoms with Crippen LogP contribution in [0.5, 0.6) is 0 Å². The molecule has 0 aromatic rings. The zero-order valence-corrected chi connectivity index (χ0v) is 7.05. The maximum atomic E-state index is 10.5. The molecular formula is C8H15O2-. The average molecular weight is 143 g/mol. The summed E-state index contributed by atoms with van der Waals surface area (Å²) in [6.07, 6.45) is 0. The van der Waals surface area contributed by atoms with Crippen LogP contribution in [-0.2, 0) is 4.79 Å². The Labute approximate surface area is 62.2 Å². The highest BCUT2D eigenvalue weighted by molar-refractivity contribution is 5.68. The van der Waals surface area contributed by atoms with Crippen molar-refractivity contribution >= 4 is 5.97 Å². The number of aliphatic carboxylic acids is 1. The Bertz CT molecular complexity index is 108. The Morgan fingerprint density at radius 2 is 1.40 bits per heavy atom. The molecule has 0 N–H and O–H groups in total. The lowest BCUT2D eigenvalue weighted by atomic mass is 9.86. The first-order chi connectivity index (χ1) is 4.46. The van der Waals surface area contributed by atoms with Crippen molar-refractivity contribution in [1.29, 1.82) is 0 Å². The van der Waals surface area contributed by atoms with Crippen molar-refractivity contribution in [3.63, 3.8) is 0 Å². The van der Waals surface area contributed by atoms with Gasteiger partial charge in [0.05, 0.1) is 0 Å². The van der Waals surface area contributed by atoms with Gasteiger partial charge >= 0.3 is 0 Å². The van der Waals surface area contributed by atoms with Crippen molar-refractivity contribution < 1.29 is 9.90 Å². The summed E-state index contributed by atoms with van der Waals surface area (Å²) >= 11 is 0. The number of carboxylic acids is 1. The Hall–Kier alpha value is -0.530. The molecule has 0 atom stereocenters. The number of carbonyl (C=O) groups is 1. The second kappa shape index (κ2) is 3.59. The zero-order valence-electron chi connectivity index (χ0n) is 7.05. The molecule has 0 radical (unpaired) electrons. The fraction of sp³-hybridized carbons (Fsp3) is 0.875. The van der Waals surface area contributed by atoms with Crippen LogP contribution in [0, 0.1) is 17.8 Å². The van der Waals surface area contributed by atoms with Crippen LogP contribution in [-0.4, -0.2) is 5.97 Å². The van der Waals surface area contributed by atoms with Crippen LogP contribution in [0.4, 0.5) is 0 Å². The van der Waals surface area contributed by atoms with Crippen LogP contribution in [0.2, 0.25) is 0 Å². The summed E-state index contributed by atoms with van der Waals surface area (Å²) in [5.41, 5.74) is 0. The predicted molar refractivity (Wildman–Crippen MR) is 38.2 cm³/mol. The number of carboxylic acid groups (broad SMARTS) is 1. The highest BCUT2D eigenvalue weighted by atomic mass is 16.4. The summed E-state index contributed by atoms with van der Waals surface area (Å²) in [6.45, 7) is 7.61. The third kappa shape index (κ3) is 2.38. The van der Waals surface area contributed by atoms with Crippen molar-refractivity contribution in [2.75, 3.05) is 0 Å². The molecule has 2 heteroatoms. The van der Waals surface area contributed by atoms with Crippen molar-refractivity contribution in [1.82, 2.24) is 0 Å². The van der Waals surface area contributed by atoms with E-state index in [1.807, 2.05) is 27.7 Å². The zero-order chi connectivity index (χ0) is 8.31. The summed E-state index contributed by atoms with van der Waals surface area (Å²) in [6, 6.07) is 0. The SMILES string of the molecule is CC(C)C(C(=O)[O-])C(C)C. The number of hydrogen-bond acceptors (Lipinski definition) is 2. The quantitative estimate of drug-likeness (QED) is 0.582. The van der Waals surface area contributed by atoms with Crippen molar-refractivity contribution in [2.45, 2.75) is 27.7 Å². The molecule has 0 bridgehead atoms. The van der Waals surface area contributed by atoms with Gasteiger partial charge in [-0.1, -0.05) is 27.7 Å². The summed E-state index contributed by atoms with van der Waals surface area (Å²) < 4.78 is 0. The van der Waals surface area contributed by atoms with Gasteiger partial charge in [-0.15, -0.1) is 0 Å². The minimum Gasteiger partial charge on any atom is -0.550 e. The lowest BCUT2D eigenvalue weighted by Crippen LogP contribution is -2.37. The molecule has 0 heterocycles. The highest BCUT2D eigenvalue weighted by Gasteiger charge is 2.17. The molecule has 0 unspecified atom stereocenters. The first-order valence-corrected chi connectivity index (χ1v) is 3.67. The monoisotopic (exact) mass is 143 g/mol. The molecule has 2 nitrogen and oxygen atoms in total. The minimum absolute atomic E-state index is 0.171. The third-order valence-electron chi connectivity index (χ3n) is 1.71. The Morgan fingerprint density at radius 1 is 1.10 bits per heavy atom. The van der Waals surface area contributed by atoms with Gasteiger partial charge in [-0.2, -0.15) is 0 Å². The van der Waals surface area contributed by atoms with Gasteiger partial charge in [-0.05, 0) is 11.8 Å². The molecule has 0 aromatic heterocycles. The van der Waals surface area contributed by atoms with Gasteiger partial charge in [0, 0.05) is 11.9 Å². The maximum Gasteiger partial charge on any atom is 0.0450 e. The molecule has 0 rings (SSSR count). The fourth-order valence-corrected chi connectivity index (χ4v) is 1.31. The highest BCUT2D eigenvalue weighted by Crippen LogP contribution is 2.18. The van der Waals surface area contributed by atoms with Crippen LogP contribution in [0.15, 0.2) is 0 Å². The average Bonchev–Trinajstić information content (AvgIpc) is 1.59. The first kappa shape index (κ1) is 9.47. The van der Waals surface area contributed by atoms with Gasteiger partial charge in [0.2, 0.25) is 0 Å². The van der Waals surface area contributed by atoms with Crippen molar-refractivity contribution in [2.24, 2.45) is 17.8 Å². The standard InChI is InChI=1S/C8H16O2/c1-5(2)7(6(3)4)8(9)10/h5-7H,1-4H3,(H,9,10)/p-1. The lowest BCUT2D eigenvalue weighted by Gasteiger charge is -2.25. The van der Waals surface area contributed by atoms with E-state index < -0.39 is 5.97 Å². The molecule has 0 aliphatic heterocycles. The van der Waals surface area contributed by atoms with Gasteiger partial charge in [0.1, 0.15) is 0 Å². The largest absolute Gasteiger partial charge is 0.550 e. The summed E-state index contributed by atoms with van der Waals surface area (Å²) in [4.78, 5) is 10.5. The molecule has 0 amide bonds. The van der Waals surface area contributed by atoms with E-state index in [2.05, 4.69) is 0 Å². The van der Waals surface area contributed by atoms with E-state index in [-0.39, 0.29) is 17.8 Å². The second-order valence-electron chi connectivity index (χ2n) is 3.33. The fourth-order valence-electron chi connectivity index (χ4n) is 1.31. The third-order valence-corrected chi connectivity index (χ3v) is 1.71. The van der Waals surface area contributed by atoms with Gasteiger partial charge < -0.3 is 9.90 Å². The summed E-state index contributed by atoms with van der Waals surface area (Å²) in [7, 11) is 0. The Balaban J connectivity index is 4.12. The minimum atomic E-state index is -0.926.